The molecule has 0 aromatic carbocycles. The van der Waals surface area contributed by atoms with Crippen LogP contribution in [0.25, 0.3) is 0 Å². The minimum atomic E-state index is 0.172. The third-order valence-electron chi connectivity index (χ3n) is 5.53. The van der Waals surface area contributed by atoms with Gasteiger partial charge in [0.1, 0.15) is 0 Å². The number of likely N-dealkylation sites (tertiary alicyclic amines) is 1. The fourth-order valence-electron chi connectivity index (χ4n) is 3.86. The molecule has 2 heterocycles. The first-order valence-electron chi connectivity index (χ1n) is 9.01. The summed E-state index contributed by atoms with van der Waals surface area (Å²) in [5.41, 5.74) is 0. The summed E-state index contributed by atoms with van der Waals surface area (Å²) < 4.78 is 0. The van der Waals surface area contributed by atoms with Crippen LogP contribution < -0.4 is 5.32 Å². The van der Waals surface area contributed by atoms with Crippen molar-refractivity contribution in [2.24, 2.45) is 11.8 Å². The van der Waals surface area contributed by atoms with Gasteiger partial charge in [-0.05, 0) is 24.7 Å². The van der Waals surface area contributed by atoms with Gasteiger partial charge < -0.3 is 10.2 Å². The number of hydrogen-bond acceptors (Lipinski definition) is 4. The molecule has 2 atom stereocenters. The van der Waals surface area contributed by atoms with E-state index in [1.54, 1.807) is 6.92 Å². The van der Waals surface area contributed by atoms with Crippen molar-refractivity contribution >= 4 is 11.8 Å². The second-order valence-electron chi connectivity index (χ2n) is 7.53. The number of amides is 2. The SMILES string of the molecule is CC(=O)N1CCN(C2CN(CC(=O)NCC3CC3)CC2C)CC1. The van der Waals surface area contributed by atoms with Crippen LogP contribution >= 0.6 is 0 Å². The molecule has 0 aromatic heterocycles. The lowest BCUT2D eigenvalue weighted by Crippen LogP contribution is -2.53. The van der Waals surface area contributed by atoms with Crippen LogP contribution in [0.3, 0.4) is 0 Å². The van der Waals surface area contributed by atoms with E-state index in [1.165, 1.54) is 12.8 Å². The lowest BCUT2D eigenvalue weighted by Gasteiger charge is -2.39. The standard InChI is InChI=1S/C17H30N4O2/c1-13-10-19(12-17(23)18-9-15-3-4-15)11-16(13)21-7-5-20(6-8-21)14(2)22/h13,15-16H,3-12H2,1-2H3,(H,18,23). The highest BCUT2D eigenvalue weighted by Gasteiger charge is 2.36. The zero-order chi connectivity index (χ0) is 16.4. The van der Waals surface area contributed by atoms with Crippen molar-refractivity contribution in [3.8, 4) is 0 Å². The smallest absolute Gasteiger partial charge is 0.234 e. The summed E-state index contributed by atoms with van der Waals surface area (Å²) in [6.45, 7) is 10.9. The van der Waals surface area contributed by atoms with Crippen molar-refractivity contribution in [2.75, 3.05) is 52.4 Å². The molecule has 1 saturated carbocycles. The van der Waals surface area contributed by atoms with E-state index < -0.39 is 0 Å². The third-order valence-corrected chi connectivity index (χ3v) is 5.53. The molecule has 3 aliphatic rings. The lowest BCUT2D eigenvalue weighted by molar-refractivity contribution is -0.131. The monoisotopic (exact) mass is 322 g/mol. The molecular formula is C17H30N4O2. The highest BCUT2D eigenvalue weighted by Crippen LogP contribution is 2.27. The molecule has 0 spiro atoms. The second kappa shape index (κ2) is 7.18. The van der Waals surface area contributed by atoms with Gasteiger partial charge in [0.05, 0.1) is 6.54 Å². The van der Waals surface area contributed by atoms with Gasteiger partial charge in [0, 0.05) is 58.8 Å². The molecule has 3 fully saturated rings. The molecule has 6 heteroatoms. The van der Waals surface area contributed by atoms with Crippen LogP contribution in [0.1, 0.15) is 26.7 Å². The fourth-order valence-corrected chi connectivity index (χ4v) is 3.86. The molecule has 3 rings (SSSR count). The van der Waals surface area contributed by atoms with Crippen LogP contribution in [-0.4, -0.2) is 84.9 Å². The summed E-state index contributed by atoms with van der Waals surface area (Å²) in [6.07, 6.45) is 2.55. The largest absolute Gasteiger partial charge is 0.355 e. The molecule has 2 unspecified atom stereocenters. The van der Waals surface area contributed by atoms with E-state index in [2.05, 4.69) is 22.0 Å². The van der Waals surface area contributed by atoms with E-state index in [1.807, 2.05) is 4.90 Å². The summed E-state index contributed by atoms with van der Waals surface area (Å²) in [7, 11) is 0. The molecule has 6 nitrogen and oxygen atoms in total. The van der Waals surface area contributed by atoms with E-state index in [-0.39, 0.29) is 11.8 Å². The number of carbonyl (C=O) groups is 2. The quantitative estimate of drug-likeness (QED) is 0.774. The normalized spacial score (nSPS) is 29.7. The number of nitrogens with one attached hydrogen (secondary N) is 1. The van der Waals surface area contributed by atoms with Crippen LogP contribution in [0, 0.1) is 11.8 Å². The molecule has 2 amide bonds. The van der Waals surface area contributed by atoms with E-state index in [0.29, 0.717) is 18.5 Å². The zero-order valence-corrected chi connectivity index (χ0v) is 14.5. The molecule has 23 heavy (non-hydrogen) atoms. The summed E-state index contributed by atoms with van der Waals surface area (Å²) in [6, 6.07) is 0.514. The Labute approximate surface area is 139 Å². The van der Waals surface area contributed by atoms with Gasteiger partial charge in [0.25, 0.3) is 0 Å². The van der Waals surface area contributed by atoms with Gasteiger partial charge in [-0.3, -0.25) is 19.4 Å². The molecule has 130 valence electrons. The van der Waals surface area contributed by atoms with Gasteiger partial charge in [-0.1, -0.05) is 6.92 Å². The Hall–Kier alpha value is -1.14. The summed E-state index contributed by atoms with van der Waals surface area (Å²) in [5.74, 6) is 1.67. The predicted molar refractivity (Wildman–Crippen MR) is 89.0 cm³/mol. The first kappa shape index (κ1) is 16.7. The van der Waals surface area contributed by atoms with Crippen molar-refractivity contribution in [1.29, 1.82) is 0 Å². The highest BCUT2D eigenvalue weighted by molar-refractivity contribution is 5.78. The number of rotatable bonds is 5. The third kappa shape index (κ3) is 4.44. The van der Waals surface area contributed by atoms with Gasteiger partial charge in [-0.25, -0.2) is 0 Å². The van der Waals surface area contributed by atoms with Crippen LogP contribution in [-0.2, 0) is 9.59 Å². The first-order chi connectivity index (χ1) is 11.0. The molecule has 2 saturated heterocycles. The highest BCUT2D eigenvalue weighted by atomic mass is 16.2. The second-order valence-corrected chi connectivity index (χ2v) is 7.53. The van der Waals surface area contributed by atoms with E-state index in [4.69, 9.17) is 0 Å². The Balaban J connectivity index is 1.42. The molecule has 2 aliphatic heterocycles. The van der Waals surface area contributed by atoms with Crippen LogP contribution in [0.2, 0.25) is 0 Å². The van der Waals surface area contributed by atoms with Crippen LogP contribution in [0.4, 0.5) is 0 Å². The average molecular weight is 322 g/mol. The predicted octanol–water partition coefficient (Wildman–Crippen LogP) is -0.00300. The summed E-state index contributed by atoms with van der Waals surface area (Å²) >= 11 is 0. The molecule has 0 radical (unpaired) electrons. The van der Waals surface area contributed by atoms with Gasteiger partial charge >= 0.3 is 0 Å². The molecule has 0 aromatic rings. The molecule has 1 N–H and O–H groups in total. The minimum Gasteiger partial charge on any atom is -0.355 e. The summed E-state index contributed by atoms with van der Waals surface area (Å²) in [4.78, 5) is 30.2. The molecular weight excluding hydrogens is 292 g/mol. The van der Waals surface area contributed by atoms with E-state index >= 15 is 0 Å². The van der Waals surface area contributed by atoms with Crippen LogP contribution in [0.15, 0.2) is 0 Å². The lowest BCUT2D eigenvalue weighted by atomic mass is 10.0. The molecule has 1 aliphatic carbocycles. The Morgan fingerprint density at radius 2 is 1.78 bits per heavy atom. The van der Waals surface area contributed by atoms with Gasteiger partial charge in [-0.15, -0.1) is 0 Å². The summed E-state index contributed by atoms with van der Waals surface area (Å²) in [5, 5.41) is 3.06. The number of nitrogens with zero attached hydrogens (tertiary/aromatic N) is 3. The molecule has 0 bridgehead atoms. The number of hydrogen-bond donors (Lipinski definition) is 1. The Morgan fingerprint density at radius 3 is 2.39 bits per heavy atom. The number of piperazine rings is 1. The van der Waals surface area contributed by atoms with Crippen LogP contribution in [0.5, 0.6) is 0 Å². The maximum atomic E-state index is 12.0. The number of carbonyl (C=O) groups excluding carboxylic acids is 2. The first-order valence-corrected chi connectivity index (χ1v) is 9.01. The van der Waals surface area contributed by atoms with E-state index in [0.717, 1.165) is 51.7 Å². The Bertz CT molecular complexity index is 444. The van der Waals surface area contributed by atoms with Gasteiger partial charge in [-0.2, -0.15) is 0 Å². The maximum absolute atomic E-state index is 12.0. The topological polar surface area (TPSA) is 55.9 Å². The van der Waals surface area contributed by atoms with Crippen molar-refractivity contribution in [3.63, 3.8) is 0 Å². The van der Waals surface area contributed by atoms with Gasteiger partial charge in [0.2, 0.25) is 11.8 Å². The fraction of sp³-hybridized carbons (Fsp3) is 0.882. The van der Waals surface area contributed by atoms with Crippen molar-refractivity contribution < 1.29 is 9.59 Å². The Kier molecular flexibility index (Phi) is 5.21. The van der Waals surface area contributed by atoms with Gasteiger partial charge in [0.15, 0.2) is 0 Å². The van der Waals surface area contributed by atoms with Crippen molar-refractivity contribution in [2.45, 2.75) is 32.7 Å². The van der Waals surface area contributed by atoms with Crippen molar-refractivity contribution in [3.05, 3.63) is 0 Å². The average Bonchev–Trinajstić information content (AvgIpc) is 3.28. The minimum absolute atomic E-state index is 0.172. The maximum Gasteiger partial charge on any atom is 0.234 e. The Morgan fingerprint density at radius 1 is 1.09 bits per heavy atom. The van der Waals surface area contributed by atoms with Crippen molar-refractivity contribution in [1.82, 2.24) is 20.0 Å². The zero-order valence-electron chi connectivity index (χ0n) is 14.5. The van der Waals surface area contributed by atoms with E-state index in [9.17, 15) is 9.59 Å².